The number of hydrogen-bond acceptors (Lipinski definition) is 4. The van der Waals surface area contributed by atoms with Crippen LogP contribution >= 0.6 is 0 Å². The van der Waals surface area contributed by atoms with E-state index in [0.717, 1.165) is 5.56 Å². The monoisotopic (exact) mass is 221 g/mol. The molecule has 0 spiro atoms. The van der Waals surface area contributed by atoms with Crippen molar-refractivity contribution in [2.24, 2.45) is 0 Å². The summed E-state index contributed by atoms with van der Waals surface area (Å²) in [6, 6.07) is 5.00. The van der Waals surface area contributed by atoms with E-state index in [1.807, 2.05) is 6.92 Å². The molecule has 0 aliphatic heterocycles. The summed E-state index contributed by atoms with van der Waals surface area (Å²) in [6.45, 7) is 3.84. The Balaban J connectivity index is 2.73. The number of nitrogen functional groups attached to an aromatic ring is 1. The second-order valence-electron chi connectivity index (χ2n) is 3.48. The molecule has 0 fully saturated rings. The summed E-state index contributed by atoms with van der Waals surface area (Å²) in [5, 5.41) is 0. The van der Waals surface area contributed by atoms with Gasteiger partial charge in [-0.05, 0) is 25.5 Å². The molecule has 0 amide bonds. The minimum Gasteiger partial charge on any atom is -0.466 e. The van der Waals surface area contributed by atoms with Gasteiger partial charge in [0.05, 0.1) is 6.61 Å². The van der Waals surface area contributed by atoms with Crippen LogP contribution in [0.3, 0.4) is 0 Å². The van der Waals surface area contributed by atoms with Crippen LogP contribution in [0, 0.1) is 6.92 Å². The maximum absolute atomic E-state index is 11.6. The van der Waals surface area contributed by atoms with Crippen molar-refractivity contribution >= 4 is 17.4 Å². The summed E-state index contributed by atoms with van der Waals surface area (Å²) in [7, 11) is 0. The molecule has 0 unspecified atom stereocenters. The first kappa shape index (κ1) is 12.2. The van der Waals surface area contributed by atoms with Crippen LogP contribution in [0.15, 0.2) is 18.2 Å². The Morgan fingerprint density at radius 2 is 2.06 bits per heavy atom. The molecule has 1 rings (SSSR count). The average molecular weight is 221 g/mol. The molecule has 16 heavy (non-hydrogen) atoms. The fourth-order valence-corrected chi connectivity index (χ4v) is 1.26. The van der Waals surface area contributed by atoms with Crippen molar-refractivity contribution < 1.29 is 14.3 Å². The number of anilines is 1. The first-order valence-corrected chi connectivity index (χ1v) is 5.09. The van der Waals surface area contributed by atoms with E-state index in [9.17, 15) is 9.59 Å². The maximum Gasteiger partial charge on any atom is 0.313 e. The predicted octanol–water partition coefficient (Wildman–Crippen LogP) is 1.71. The zero-order chi connectivity index (χ0) is 12.1. The smallest absolute Gasteiger partial charge is 0.313 e. The molecule has 0 radical (unpaired) electrons. The summed E-state index contributed by atoms with van der Waals surface area (Å²) >= 11 is 0. The Labute approximate surface area is 94.4 Å². The fourth-order valence-electron chi connectivity index (χ4n) is 1.26. The lowest BCUT2D eigenvalue weighted by atomic mass is 10.1. The van der Waals surface area contributed by atoms with Crippen LogP contribution in [-0.2, 0) is 9.53 Å². The van der Waals surface area contributed by atoms with E-state index in [1.165, 1.54) is 0 Å². The van der Waals surface area contributed by atoms with E-state index >= 15 is 0 Å². The van der Waals surface area contributed by atoms with E-state index < -0.39 is 5.97 Å². The highest BCUT2D eigenvalue weighted by molar-refractivity contribution is 6.06. The second kappa shape index (κ2) is 5.30. The number of nitrogens with two attached hydrogens (primary N) is 1. The Bertz CT molecular complexity index is 413. The first-order chi connectivity index (χ1) is 7.54. The van der Waals surface area contributed by atoms with E-state index in [1.54, 1.807) is 25.1 Å². The van der Waals surface area contributed by atoms with E-state index in [4.69, 9.17) is 10.5 Å². The summed E-state index contributed by atoms with van der Waals surface area (Å²) in [6.07, 6.45) is -0.240. The fraction of sp³-hybridized carbons (Fsp3) is 0.333. The van der Waals surface area contributed by atoms with Crippen LogP contribution in [0.25, 0.3) is 0 Å². The SMILES string of the molecule is CCOC(=O)CC(=O)c1ccc(C)c(N)c1. The lowest BCUT2D eigenvalue weighted by Gasteiger charge is -2.04. The molecule has 0 aromatic heterocycles. The molecule has 1 aromatic carbocycles. The molecule has 0 atom stereocenters. The molecule has 0 heterocycles. The van der Waals surface area contributed by atoms with Crippen molar-refractivity contribution in [2.45, 2.75) is 20.3 Å². The normalized spacial score (nSPS) is 9.88. The molecule has 2 N–H and O–H groups in total. The molecule has 0 aliphatic rings. The zero-order valence-electron chi connectivity index (χ0n) is 9.45. The number of esters is 1. The number of benzene rings is 1. The van der Waals surface area contributed by atoms with Crippen LogP contribution in [0.1, 0.15) is 29.3 Å². The molecular formula is C12H15NO3. The number of rotatable bonds is 4. The van der Waals surface area contributed by atoms with E-state index in [0.29, 0.717) is 11.3 Å². The van der Waals surface area contributed by atoms with Crippen LogP contribution in [0.5, 0.6) is 0 Å². The third-order valence-electron chi connectivity index (χ3n) is 2.21. The molecule has 86 valence electrons. The van der Waals surface area contributed by atoms with Gasteiger partial charge in [0.1, 0.15) is 6.42 Å². The minimum atomic E-state index is -0.508. The number of Topliss-reactive ketones (excluding diaryl/α,β-unsaturated/α-hetero) is 1. The summed E-state index contributed by atoms with van der Waals surface area (Å²) in [4.78, 5) is 22.7. The summed E-state index contributed by atoms with van der Waals surface area (Å²) < 4.78 is 4.70. The molecular weight excluding hydrogens is 206 g/mol. The molecule has 4 nitrogen and oxygen atoms in total. The number of carbonyl (C=O) groups is 2. The highest BCUT2D eigenvalue weighted by Gasteiger charge is 2.12. The van der Waals surface area contributed by atoms with Crippen molar-refractivity contribution in [1.29, 1.82) is 0 Å². The van der Waals surface area contributed by atoms with Crippen molar-refractivity contribution in [3.63, 3.8) is 0 Å². The van der Waals surface area contributed by atoms with E-state index in [2.05, 4.69) is 0 Å². The van der Waals surface area contributed by atoms with E-state index in [-0.39, 0.29) is 18.8 Å². The molecule has 0 saturated heterocycles. The Hall–Kier alpha value is -1.84. The van der Waals surface area contributed by atoms with Gasteiger partial charge in [-0.1, -0.05) is 12.1 Å². The number of hydrogen-bond donors (Lipinski definition) is 1. The van der Waals surface area contributed by atoms with Gasteiger partial charge < -0.3 is 10.5 Å². The van der Waals surface area contributed by atoms with Gasteiger partial charge in [0.2, 0.25) is 0 Å². The molecule has 0 aliphatic carbocycles. The molecule has 0 saturated carbocycles. The van der Waals surface area contributed by atoms with Crippen molar-refractivity contribution in [3.8, 4) is 0 Å². The van der Waals surface area contributed by atoms with Gasteiger partial charge in [0.25, 0.3) is 0 Å². The standard InChI is InChI=1S/C12H15NO3/c1-3-16-12(15)7-11(14)9-5-4-8(2)10(13)6-9/h4-6H,3,7,13H2,1-2H3. The number of carbonyl (C=O) groups excluding carboxylic acids is 2. The molecule has 0 bridgehead atoms. The Kier molecular flexibility index (Phi) is 4.05. The second-order valence-corrected chi connectivity index (χ2v) is 3.48. The van der Waals surface area contributed by atoms with Crippen LogP contribution < -0.4 is 5.73 Å². The van der Waals surface area contributed by atoms with Gasteiger partial charge in [0, 0.05) is 11.3 Å². The lowest BCUT2D eigenvalue weighted by molar-refractivity contribution is -0.141. The van der Waals surface area contributed by atoms with Gasteiger partial charge >= 0.3 is 5.97 Å². The lowest BCUT2D eigenvalue weighted by Crippen LogP contribution is -2.11. The number of ketones is 1. The number of aryl methyl sites for hydroxylation is 1. The zero-order valence-corrected chi connectivity index (χ0v) is 9.45. The summed E-state index contributed by atoms with van der Waals surface area (Å²) in [5.74, 6) is -0.781. The minimum absolute atomic E-state index is 0.240. The van der Waals surface area contributed by atoms with Crippen molar-refractivity contribution in [1.82, 2.24) is 0 Å². The maximum atomic E-state index is 11.6. The molecule has 1 aromatic rings. The Morgan fingerprint density at radius 3 is 2.62 bits per heavy atom. The van der Waals surface area contributed by atoms with Gasteiger partial charge in [-0.2, -0.15) is 0 Å². The highest BCUT2D eigenvalue weighted by atomic mass is 16.5. The predicted molar refractivity (Wildman–Crippen MR) is 61.2 cm³/mol. The van der Waals surface area contributed by atoms with Gasteiger partial charge in [-0.3, -0.25) is 9.59 Å². The third-order valence-corrected chi connectivity index (χ3v) is 2.21. The molecule has 4 heteroatoms. The van der Waals surface area contributed by atoms with Crippen LogP contribution in [0.4, 0.5) is 5.69 Å². The van der Waals surface area contributed by atoms with Gasteiger partial charge in [0.15, 0.2) is 5.78 Å². The number of ether oxygens (including phenoxy) is 1. The highest BCUT2D eigenvalue weighted by Crippen LogP contribution is 2.14. The van der Waals surface area contributed by atoms with Crippen LogP contribution in [0.2, 0.25) is 0 Å². The van der Waals surface area contributed by atoms with Crippen LogP contribution in [-0.4, -0.2) is 18.4 Å². The quantitative estimate of drug-likeness (QED) is 0.363. The Morgan fingerprint density at radius 1 is 1.38 bits per heavy atom. The van der Waals surface area contributed by atoms with Gasteiger partial charge in [-0.25, -0.2) is 0 Å². The third kappa shape index (κ3) is 3.08. The topological polar surface area (TPSA) is 69.4 Å². The van der Waals surface area contributed by atoms with Gasteiger partial charge in [-0.15, -0.1) is 0 Å². The largest absolute Gasteiger partial charge is 0.466 e. The van der Waals surface area contributed by atoms with Crippen molar-refractivity contribution in [3.05, 3.63) is 29.3 Å². The first-order valence-electron chi connectivity index (χ1n) is 5.09. The average Bonchev–Trinajstić information content (AvgIpc) is 2.22. The summed E-state index contributed by atoms with van der Waals surface area (Å²) in [5.41, 5.74) is 7.58. The van der Waals surface area contributed by atoms with Crippen molar-refractivity contribution in [2.75, 3.05) is 12.3 Å².